The zero-order valence-corrected chi connectivity index (χ0v) is 13.8. The van der Waals surface area contributed by atoms with Gasteiger partial charge in [-0.1, -0.05) is 11.6 Å². The average Bonchev–Trinajstić information content (AvgIpc) is 3.01. The average molecular weight is 349 g/mol. The standard InChI is InChI=1S/C15H18ClFN2O2.ClH/c1-9(21-14-3-2-12(17)4-13(14)16)15(20)19-7-10-5-18-6-11(10)8-19;/h2-4,9-11,18H,5-8H2,1H3;1H/t9?,10-,11+;. The smallest absolute Gasteiger partial charge is 0.263 e. The second-order valence-electron chi connectivity index (χ2n) is 5.76. The Morgan fingerprint density at radius 2 is 2.05 bits per heavy atom. The molecule has 4 nitrogen and oxygen atoms in total. The third kappa shape index (κ3) is 3.47. The van der Waals surface area contributed by atoms with Crippen LogP contribution in [0, 0.1) is 17.7 Å². The van der Waals surface area contributed by atoms with E-state index in [4.69, 9.17) is 16.3 Å². The van der Waals surface area contributed by atoms with Gasteiger partial charge < -0.3 is 15.0 Å². The first-order chi connectivity index (χ1) is 10.0. The molecule has 1 amide bonds. The monoisotopic (exact) mass is 348 g/mol. The molecule has 0 spiro atoms. The lowest BCUT2D eigenvalue weighted by molar-refractivity contribution is -0.137. The van der Waals surface area contributed by atoms with Gasteiger partial charge in [0.15, 0.2) is 6.10 Å². The van der Waals surface area contributed by atoms with Crippen LogP contribution in [0.1, 0.15) is 6.92 Å². The molecule has 1 aromatic rings. The lowest BCUT2D eigenvalue weighted by Crippen LogP contribution is -2.40. The van der Waals surface area contributed by atoms with Gasteiger partial charge in [-0.15, -0.1) is 12.4 Å². The van der Waals surface area contributed by atoms with E-state index in [1.807, 2.05) is 4.90 Å². The highest BCUT2D eigenvalue weighted by molar-refractivity contribution is 6.32. The summed E-state index contributed by atoms with van der Waals surface area (Å²) in [6.45, 7) is 5.22. The minimum atomic E-state index is -0.625. The van der Waals surface area contributed by atoms with Crippen LogP contribution in [-0.2, 0) is 4.79 Å². The molecule has 1 N–H and O–H groups in total. The Hall–Kier alpha value is -1.04. The number of benzene rings is 1. The van der Waals surface area contributed by atoms with Crippen LogP contribution >= 0.6 is 24.0 Å². The molecule has 2 fully saturated rings. The van der Waals surface area contributed by atoms with Gasteiger partial charge in [-0.3, -0.25) is 4.79 Å². The van der Waals surface area contributed by atoms with Gasteiger partial charge in [-0.05, 0) is 37.0 Å². The van der Waals surface area contributed by atoms with E-state index in [1.54, 1.807) is 6.92 Å². The van der Waals surface area contributed by atoms with Crippen LogP contribution in [0.25, 0.3) is 0 Å². The molecular formula is C15H19Cl2FN2O2. The van der Waals surface area contributed by atoms with Crippen molar-refractivity contribution in [2.45, 2.75) is 13.0 Å². The van der Waals surface area contributed by atoms with Crippen LogP contribution in [0.3, 0.4) is 0 Å². The zero-order valence-electron chi connectivity index (χ0n) is 12.2. The molecule has 7 heteroatoms. The molecule has 22 heavy (non-hydrogen) atoms. The van der Waals surface area contributed by atoms with Gasteiger partial charge in [0.05, 0.1) is 5.02 Å². The van der Waals surface area contributed by atoms with E-state index in [-0.39, 0.29) is 23.3 Å². The van der Waals surface area contributed by atoms with Gasteiger partial charge in [0.2, 0.25) is 0 Å². The van der Waals surface area contributed by atoms with Gasteiger partial charge in [-0.25, -0.2) is 4.39 Å². The first kappa shape index (κ1) is 17.3. The largest absolute Gasteiger partial charge is 0.479 e. The van der Waals surface area contributed by atoms with E-state index in [0.29, 0.717) is 17.6 Å². The minimum Gasteiger partial charge on any atom is -0.479 e. The van der Waals surface area contributed by atoms with Crippen LogP contribution in [-0.4, -0.2) is 43.1 Å². The van der Waals surface area contributed by atoms with Gasteiger partial charge in [-0.2, -0.15) is 0 Å². The number of fused-ring (bicyclic) bond motifs is 1. The maximum absolute atomic E-state index is 13.0. The topological polar surface area (TPSA) is 41.6 Å². The van der Waals surface area contributed by atoms with Crippen LogP contribution in [0.2, 0.25) is 5.02 Å². The first-order valence-electron chi connectivity index (χ1n) is 7.16. The Bertz CT molecular complexity index is 546. The lowest BCUT2D eigenvalue weighted by Gasteiger charge is -2.22. The zero-order chi connectivity index (χ0) is 15.0. The van der Waals surface area contributed by atoms with Crippen molar-refractivity contribution < 1.29 is 13.9 Å². The Balaban J connectivity index is 0.00000176. The Labute approximate surface area is 140 Å². The van der Waals surface area contributed by atoms with E-state index in [1.165, 1.54) is 18.2 Å². The predicted molar refractivity (Wildman–Crippen MR) is 85.2 cm³/mol. The fraction of sp³-hybridized carbons (Fsp3) is 0.533. The van der Waals surface area contributed by atoms with E-state index in [9.17, 15) is 9.18 Å². The summed E-state index contributed by atoms with van der Waals surface area (Å²) in [4.78, 5) is 14.3. The third-order valence-corrected chi connectivity index (χ3v) is 4.54. The molecule has 3 atom stereocenters. The van der Waals surface area contributed by atoms with Crippen molar-refractivity contribution in [1.82, 2.24) is 10.2 Å². The summed E-state index contributed by atoms with van der Waals surface area (Å²) in [6.07, 6.45) is -0.625. The number of nitrogens with one attached hydrogen (secondary N) is 1. The number of carbonyl (C=O) groups excluding carboxylic acids is 1. The van der Waals surface area contributed by atoms with Gasteiger partial charge >= 0.3 is 0 Å². The Morgan fingerprint density at radius 1 is 1.41 bits per heavy atom. The second-order valence-corrected chi connectivity index (χ2v) is 6.16. The number of carbonyl (C=O) groups is 1. The van der Waals surface area contributed by atoms with Crippen molar-refractivity contribution in [3.63, 3.8) is 0 Å². The molecule has 1 unspecified atom stereocenters. The van der Waals surface area contributed by atoms with Crippen molar-refractivity contribution in [2.75, 3.05) is 26.2 Å². The summed E-state index contributed by atoms with van der Waals surface area (Å²) >= 11 is 5.92. The van der Waals surface area contributed by atoms with Crippen LogP contribution < -0.4 is 10.1 Å². The highest BCUT2D eigenvalue weighted by Gasteiger charge is 2.39. The Kier molecular flexibility index (Phi) is 5.53. The summed E-state index contributed by atoms with van der Waals surface area (Å²) in [7, 11) is 0. The molecule has 0 aromatic heterocycles. The molecule has 0 aliphatic carbocycles. The molecule has 2 aliphatic heterocycles. The van der Waals surface area contributed by atoms with Gasteiger partial charge in [0.25, 0.3) is 5.91 Å². The highest BCUT2D eigenvalue weighted by Crippen LogP contribution is 2.29. The number of rotatable bonds is 3. The summed E-state index contributed by atoms with van der Waals surface area (Å²) in [5.41, 5.74) is 0. The normalized spacial score (nSPS) is 24.6. The molecular weight excluding hydrogens is 330 g/mol. The number of nitrogens with zero attached hydrogens (tertiary/aromatic N) is 1. The van der Waals surface area contributed by atoms with Crippen LogP contribution in [0.5, 0.6) is 5.75 Å². The number of halogens is 3. The van der Waals surface area contributed by atoms with E-state index in [0.717, 1.165) is 26.2 Å². The molecule has 0 bridgehead atoms. The fourth-order valence-corrected chi connectivity index (χ4v) is 3.32. The quantitative estimate of drug-likeness (QED) is 0.911. The summed E-state index contributed by atoms with van der Waals surface area (Å²) in [5.74, 6) is 0.974. The second kappa shape index (κ2) is 7.02. The number of ether oxygens (including phenoxy) is 1. The van der Waals surface area contributed by atoms with Crippen molar-refractivity contribution >= 4 is 29.9 Å². The lowest BCUT2D eigenvalue weighted by atomic mass is 10.0. The molecule has 1 aromatic carbocycles. The summed E-state index contributed by atoms with van der Waals surface area (Å²) in [6, 6.07) is 3.90. The van der Waals surface area contributed by atoms with Crippen molar-refractivity contribution in [2.24, 2.45) is 11.8 Å². The molecule has 2 saturated heterocycles. The third-order valence-electron chi connectivity index (χ3n) is 4.25. The maximum Gasteiger partial charge on any atom is 0.263 e. The maximum atomic E-state index is 13.0. The van der Waals surface area contributed by atoms with Crippen molar-refractivity contribution in [3.8, 4) is 5.75 Å². The van der Waals surface area contributed by atoms with Crippen molar-refractivity contribution in [3.05, 3.63) is 29.0 Å². The fourth-order valence-electron chi connectivity index (χ4n) is 3.10. The van der Waals surface area contributed by atoms with E-state index >= 15 is 0 Å². The first-order valence-corrected chi connectivity index (χ1v) is 7.53. The number of hydrogen-bond donors (Lipinski definition) is 1. The summed E-state index contributed by atoms with van der Waals surface area (Å²) < 4.78 is 18.6. The predicted octanol–water partition coefficient (Wildman–Crippen LogP) is 2.35. The van der Waals surface area contributed by atoms with Gasteiger partial charge in [0, 0.05) is 26.2 Å². The molecule has 2 aliphatic rings. The highest BCUT2D eigenvalue weighted by atomic mass is 35.5. The van der Waals surface area contributed by atoms with Crippen LogP contribution in [0.15, 0.2) is 18.2 Å². The summed E-state index contributed by atoms with van der Waals surface area (Å²) in [5, 5.41) is 3.52. The Morgan fingerprint density at radius 3 is 2.64 bits per heavy atom. The number of likely N-dealkylation sites (tertiary alicyclic amines) is 1. The van der Waals surface area contributed by atoms with Gasteiger partial charge in [0.1, 0.15) is 11.6 Å². The molecule has 0 saturated carbocycles. The molecule has 3 rings (SSSR count). The van der Waals surface area contributed by atoms with E-state index in [2.05, 4.69) is 5.32 Å². The molecule has 2 heterocycles. The van der Waals surface area contributed by atoms with E-state index < -0.39 is 11.9 Å². The molecule has 122 valence electrons. The van der Waals surface area contributed by atoms with Crippen molar-refractivity contribution in [1.29, 1.82) is 0 Å². The molecule has 0 radical (unpaired) electrons. The van der Waals surface area contributed by atoms with Crippen LogP contribution in [0.4, 0.5) is 4.39 Å². The minimum absolute atomic E-state index is 0. The number of hydrogen-bond acceptors (Lipinski definition) is 3. The SMILES string of the molecule is CC(Oc1ccc(F)cc1Cl)C(=O)N1C[C@H]2CNC[C@H]2C1.Cl. The number of amides is 1.